The minimum absolute atomic E-state index is 0.167. The predicted octanol–water partition coefficient (Wildman–Crippen LogP) is -0.148. The molecule has 5 heteroatoms. The van der Waals surface area contributed by atoms with Crippen molar-refractivity contribution in [1.82, 2.24) is 0 Å². The van der Waals surface area contributed by atoms with Crippen molar-refractivity contribution in [2.45, 2.75) is 13.3 Å². The van der Waals surface area contributed by atoms with Gasteiger partial charge in [0, 0.05) is 13.3 Å². The van der Waals surface area contributed by atoms with Gasteiger partial charge in [-0.2, -0.15) is 0 Å². The third kappa shape index (κ3) is 2.03. The summed E-state index contributed by atoms with van der Waals surface area (Å²) in [5.74, 6) is -1.05. The van der Waals surface area contributed by atoms with Crippen LogP contribution >= 0.6 is 0 Å². The minimum Gasteiger partial charge on any atom is -0.461 e. The molecule has 0 amide bonds. The number of esters is 1. The van der Waals surface area contributed by atoms with E-state index in [-0.39, 0.29) is 5.71 Å². The lowest BCUT2D eigenvalue weighted by atomic mass is 10.3. The number of hydrogen-bond donors (Lipinski definition) is 0. The van der Waals surface area contributed by atoms with Gasteiger partial charge in [-0.1, -0.05) is 5.16 Å². The summed E-state index contributed by atoms with van der Waals surface area (Å²) in [6.45, 7) is 1.53. The van der Waals surface area contributed by atoms with Crippen LogP contribution in [0.1, 0.15) is 13.3 Å². The lowest BCUT2D eigenvalue weighted by molar-refractivity contribution is -0.141. The molecule has 1 fully saturated rings. The van der Waals surface area contributed by atoms with E-state index >= 15 is 0 Å². The summed E-state index contributed by atoms with van der Waals surface area (Å²) in [7, 11) is 0. The molecule has 1 saturated heterocycles. The van der Waals surface area contributed by atoms with E-state index in [0.717, 1.165) is 0 Å². The Morgan fingerprint density at radius 2 is 2.45 bits per heavy atom. The second kappa shape index (κ2) is 3.14. The number of nitrogens with zero attached hydrogens (tertiary/aromatic N) is 1. The quantitative estimate of drug-likeness (QED) is 0.301. The number of hydrogen-bond acceptors (Lipinski definition) is 5. The molecular weight excluding hydrogens is 150 g/mol. The highest BCUT2D eigenvalue weighted by Gasteiger charge is 2.21. The van der Waals surface area contributed by atoms with Gasteiger partial charge in [0.05, 0.1) is 6.61 Å². The molecule has 0 aromatic carbocycles. The molecule has 11 heavy (non-hydrogen) atoms. The smallest absolute Gasteiger partial charge is 0.356 e. The molecule has 60 valence electrons. The fourth-order valence-electron chi connectivity index (χ4n) is 0.628. The molecule has 1 rings (SSSR count). The first-order chi connectivity index (χ1) is 5.20. The van der Waals surface area contributed by atoms with Crippen molar-refractivity contribution in [3.63, 3.8) is 0 Å². The Bertz CT molecular complexity index is 221. The molecule has 0 radical (unpaired) electrons. The molecular formula is C6H7NO4. The van der Waals surface area contributed by atoms with Crippen LogP contribution in [0.25, 0.3) is 0 Å². The lowest BCUT2D eigenvalue weighted by Gasteiger charge is -1.90. The number of carbonyl (C=O) groups excluding carboxylic acids is 2. The van der Waals surface area contributed by atoms with E-state index in [0.29, 0.717) is 13.0 Å². The van der Waals surface area contributed by atoms with Gasteiger partial charge in [0.2, 0.25) is 0 Å². The van der Waals surface area contributed by atoms with E-state index in [1.165, 1.54) is 6.92 Å². The molecule has 0 saturated carbocycles. The molecule has 1 heterocycles. The SMILES string of the molecule is CC(=O)ON=C1CCOC1=O. The zero-order valence-electron chi connectivity index (χ0n) is 5.99. The third-order valence-corrected chi connectivity index (χ3v) is 1.09. The third-order valence-electron chi connectivity index (χ3n) is 1.09. The first kappa shape index (κ1) is 7.71. The molecule has 0 bridgehead atoms. The summed E-state index contributed by atoms with van der Waals surface area (Å²) in [5.41, 5.74) is 0.167. The Kier molecular flexibility index (Phi) is 2.20. The number of rotatable bonds is 1. The van der Waals surface area contributed by atoms with E-state index in [9.17, 15) is 9.59 Å². The van der Waals surface area contributed by atoms with Crippen molar-refractivity contribution in [2.24, 2.45) is 5.16 Å². The predicted molar refractivity (Wildman–Crippen MR) is 34.8 cm³/mol. The Balaban J connectivity index is 2.52. The van der Waals surface area contributed by atoms with Crippen molar-refractivity contribution < 1.29 is 19.2 Å². The maximum atomic E-state index is 10.6. The first-order valence-electron chi connectivity index (χ1n) is 3.11. The Morgan fingerprint density at radius 1 is 1.73 bits per heavy atom. The van der Waals surface area contributed by atoms with Gasteiger partial charge in [0.15, 0.2) is 5.71 Å². The van der Waals surface area contributed by atoms with Gasteiger partial charge < -0.3 is 9.57 Å². The van der Waals surface area contributed by atoms with Crippen molar-refractivity contribution in [3.8, 4) is 0 Å². The average Bonchev–Trinajstić information content (AvgIpc) is 2.31. The van der Waals surface area contributed by atoms with Crippen LogP contribution in [0.3, 0.4) is 0 Å². The standard InChI is InChI=1S/C6H7NO4/c1-4(8)11-7-5-2-3-10-6(5)9/h2-3H2,1H3. The van der Waals surface area contributed by atoms with Gasteiger partial charge in [-0.25, -0.2) is 9.59 Å². The molecule has 0 N–H and O–H groups in total. The molecule has 0 unspecified atom stereocenters. The van der Waals surface area contributed by atoms with Gasteiger partial charge in [-0.15, -0.1) is 0 Å². The topological polar surface area (TPSA) is 65.0 Å². The zero-order valence-corrected chi connectivity index (χ0v) is 5.99. The van der Waals surface area contributed by atoms with Crippen LogP contribution < -0.4 is 0 Å². The van der Waals surface area contributed by atoms with Crippen LogP contribution in [0.5, 0.6) is 0 Å². The van der Waals surface area contributed by atoms with Crippen LogP contribution in [-0.4, -0.2) is 24.3 Å². The molecule has 0 aliphatic carbocycles. The van der Waals surface area contributed by atoms with E-state index in [4.69, 9.17) is 0 Å². The Labute approximate surface area is 63.0 Å². The average molecular weight is 157 g/mol. The highest BCUT2D eigenvalue weighted by molar-refractivity contribution is 6.37. The van der Waals surface area contributed by atoms with Crippen molar-refractivity contribution >= 4 is 17.7 Å². The van der Waals surface area contributed by atoms with Crippen LogP contribution in [-0.2, 0) is 19.2 Å². The number of oxime groups is 1. The monoisotopic (exact) mass is 157 g/mol. The van der Waals surface area contributed by atoms with Gasteiger partial charge in [-0.3, -0.25) is 0 Å². The van der Waals surface area contributed by atoms with Gasteiger partial charge in [-0.05, 0) is 0 Å². The minimum atomic E-state index is -0.544. The fourth-order valence-corrected chi connectivity index (χ4v) is 0.628. The molecule has 1 aliphatic rings. The summed E-state index contributed by atoms with van der Waals surface area (Å²) >= 11 is 0. The largest absolute Gasteiger partial charge is 0.461 e. The highest BCUT2D eigenvalue weighted by Crippen LogP contribution is 2.02. The summed E-state index contributed by atoms with van der Waals surface area (Å²) < 4.78 is 4.54. The Morgan fingerprint density at radius 3 is 2.91 bits per heavy atom. The van der Waals surface area contributed by atoms with Crippen molar-refractivity contribution in [1.29, 1.82) is 0 Å². The van der Waals surface area contributed by atoms with Crippen molar-refractivity contribution in [2.75, 3.05) is 6.61 Å². The maximum absolute atomic E-state index is 10.6. The van der Waals surface area contributed by atoms with Crippen LogP contribution in [0.2, 0.25) is 0 Å². The van der Waals surface area contributed by atoms with Gasteiger partial charge >= 0.3 is 11.9 Å². The summed E-state index contributed by atoms with van der Waals surface area (Å²) in [6.07, 6.45) is 0.409. The van der Waals surface area contributed by atoms with Crippen molar-refractivity contribution in [3.05, 3.63) is 0 Å². The van der Waals surface area contributed by atoms with Gasteiger partial charge in [0.1, 0.15) is 0 Å². The molecule has 0 spiro atoms. The number of cyclic esters (lactones) is 1. The Hall–Kier alpha value is -1.39. The maximum Gasteiger partial charge on any atom is 0.356 e. The van der Waals surface area contributed by atoms with Crippen LogP contribution in [0.4, 0.5) is 0 Å². The van der Waals surface area contributed by atoms with Gasteiger partial charge in [0.25, 0.3) is 0 Å². The van der Waals surface area contributed by atoms with E-state index in [2.05, 4.69) is 14.7 Å². The van der Waals surface area contributed by atoms with E-state index in [1.54, 1.807) is 0 Å². The molecule has 0 aromatic heterocycles. The summed E-state index contributed by atoms with van der Waals surface area (Å²) in [6, 6.07) is 0. The van der Waals surface area contributed by atoms with E-state index in [1.807, 2.05) is 0 Å². The molecule has 1 aliphatic heterocycles. The summed E-state index contributed by atoms with van der Waals surface area (Å²) in [4.78, 5) is 25.1. The highest BCUT2D eigenvalue weighted by atomic mass is 16.7. The number of ether oxygens (including phenoxy) is 1. The first-order valence-corrected chi connectivity index (χ1v) is 3.11. The molecule has 5 nitrogen and oxygen atoms in total. The summed E-state index contributed by atoms with van der Waals surface area (Å²) in [5, 5.41) is 3.30. The second-order valence-electron chi connectivity index (χ2n) is 2.01. The van der Waals surface area contributed by atoms with Crippen LogP contribution in [0, 0.1) is 0 Å². The van der Waals surface area contributed by atoms with E-state index < -0.39 is 11.9 Å². The fraction of sp³-hybridized carbons (Fsp3) is 0.500. The zero-order chi connectivity index (χ0) is 8.27. The number of carbonyl (C=O) groups is 2. The lowest BCUT2D eigenvalue weighted by Crippen LogP contribution is -2.07. The second-order valence-corrected chi connectivity index (χ2v) is 2.01. The van der Waals surface area contributed by atoms with Crippen LogP contribution in [0.15, 0.2) is 5.16 Å². The molecule has 0 atom stereocenters. The molecule has 0 aromatic rings. The normalized spacial score (nSPS) is 20.1.